The maximum Gasteiger partial charge on any atom is 2.00 e. The number of hydrogen-bond donors (Lipinski definition) is 0. The van der Waals surface area contributed by atoms with Crippen molar-refractivity contribution in [3.63, 3.8) is 0 Å². The van der Waals surface area contributed by atoms with Crippen molar-refractivity contribution >= 4 is 0 Å². The van der Waals surface area contributed by atoms with Crippen LogP contribution in [0.4, 0.5) is 0 Å². The van der Waals surface area contributed by atoms with E-state index in [1.54, 1.807) is 0 Å². The van der Waals surface area contributed by atoms with E-state index in [0.717, 1.165) is 0 Å². The molecule has 9 heteroatoms. The van der Waals surface area contributed by atoms with Crippen molar-refractivity contribution in [2.24, 2.45) is 0 Å². The van der Waals surface area contributed by atoms with E-state index in [9.17, 15) is 0 Å². The summed E-state index contributed by atoms with van der Waals surface area (Å²) in [6.07, 6.45) is 0. The molecule has 0 aromatic heterocycles. The molecule has 0 aliphatic rings. The zero-order valence-electron chi connectivity index (χ0n) is 7.13. The molecule has 0 heterocycles. The fraction of sp³-hybridized carbons (Fsp3) is 0. The van der Waals surface area contributed by atoms with Crippen molar-refractivity contribution in [2.75, 3.05) is 0 Å². The second kappa shape index (κ2) is 676. The van der Waals surface area contributed by atoms with Crippen molar-refractivity contribution in [1.82, 2.24) is 0 Å². The van der Waals surface area contributed by atoms with Crippen molar-refractivity contribution in [3.05, 3.63) is 0 Å². The Bertz CT molecular complexity index is 101. The largest absolute Gasteiger partial charge is 2.00 e. The van der Waals surface area contributed by atoms with Crippen LogP contribution in [0.25, 0.3) is 0 Å². The van der Waals surface area contributed by atoms with Crippen LogP contribution >= 0.6 is 0 Å². The SMILES string of the molecule is C#N.C#N.C#N.C#N.C#N.C#N.[Fe].[Ni+2].[Ni+2]. The van der Waals surface area contributed by atoms with Crippen LogP contribution < -0.4 is 0 Å². The fourth-order valence-electron chi connectivity index (χ4n) is 0. The van der Waals surface area contributed by atoms with Crippen LogP contribution in [0.3, 0.4) is 0 Å². The first kappa shape index (κ1) is 105. The molecule has 15 heavy (non-hydrogen) atoms. The van der Waals surface area contributed by atoms with Crippen molar-refractivity contribution in [1.29, 1.82) is 31.6 Å². The van der Waals surface area contributed by atoms with Crippen LogP contribution in [0, 0.1) is 71.0 Å². The average molecular weight is 335 g/mol. The summed E-state index contributed by atoms with van der Waals surface area (Å²) in [5.74, 6) is 0. The molecule has 0 rings (SSSR count). The quantitative estimate of drug-likeness (QED) is 0.600. The molecule has 0 amide bonds. The summed E-state index contributed by atoms with van der Waals surface area (Å²) < 4.78 is 0. The number of rotatable bonds is 0. The van der Waals surface area contributed by atoms with E-state index in [2.05, 4.69) is 39.4 Å². The third kappa shape index (κ3) is 563. The number of nitriles is 6. The van der Waals surface area contributed by atoms with Crippen LogP contribution in [-0.4, -0.2) is 0 Å². The number of hydrogen-bond acceptors (Lipinski definition) is 6. The predicted octanol–water partition coefficient (Wildman–Crippen LogP) is 0.831. The van der Waals surface area contributed by atoms with E-state index in [-0.39, 0.29) is 50.1 Å². The molecule has 0 atom stereocenters. The van der Waals surface area contributed by atoms with E-state index in [1.165, 1.54) is 0 Å². The van der Waals surface area contributed by atoms with Gasteiger partial charge in [-0.05, 0) is 0 Å². The van der Waals surface area contributed by atoms with Gasteiger partial charge in [0, 0.05) is 56.5 Å². The Labute approximate surface area is 121 Å². The van der Waals surface area contributed by atoms with E-state index >= 15 is 0 Å². The van der Waals surface area contributed by atoms with Gasteiger partial charge in [0.1, 0.15) is 0 Å². The molecule has 0 fully saturated rings. The van der Waals surface area contributed by atoms with Crippen molar-refractivity contribution < 1.29 is 50.1 Å². The Hall–Kier alpha value is -1.55. The summed E-state index contributed by atoms with van der Waals surface area (Å²) >= 11 is 0. The van der Waals surface area contributed by atoms with Crippen LogP contribution in [0.15, 0.2) is 0 Å². The molecule has 6 nitrogen and oxygen atoms in total. The van der Waals surface area contributed by atoms with Crippen LogP contribution in [-0.2, 0) is 50.1 Å². The normalized spacial score (nSPS) is 0.800. The van der Waals surface area contributed by atoms with E-state index < -0.39 is 0 Å². The fourth-order valence-corrected chi connectivity index (χ4v) is 0. The smallest absolute Gasteiger partial charge is 0.202 e. The topological polar surface area (TPSA) is 143 Å². The maximum absolute atomic E-state index is 6.50. The first-order chi connectivity index (χ1) is 6.00. The molecular weight excluding hydrogens is 329 g/mol. The van der Waals surface area contributed by atoms with Crippen molar-refractivity contribution in [3.8, 4) is 39.4 Å². The molecule has 0 saturated heterocycles. The van der Waals surface area contributed by atoms with E-state index in [0.29, 0.717) is 0 Å². The van der Waals surface area contributed by atoms with Gasteiger partial charge in [0.25, 0.3) is 0 Å². The molecule has 0 saturated carbocycles. The third-order valence-corrected chi connectivity index (χ3v) is 0. The summed E-state index contributed by atoms with van der Waals surface area (Å²) in [4.78, 5) is 0. The molecule has 0 aliphatic heterocycles. The third-order valence-electron chi connectivity index (χ3n) is 0. The van der Waals surface area contributed by atoms with Crippen molar-refractivity contribution in [2.45, 2.75) is 0 Å². The molecule has 0 bridgehead atoms. The van der Waals surface area contributed by atoms with Gasteiger partial charge in [0.15, 0.2) is 0 Å². The van der Waals surface area contributed by atoms with Gasteiger partial charge in [-0.2, -0.15) is 0 Å². The Balaban J connectivity index is -0.00000000396. The second-order valence-electron chi connectivity index (χ2n) is 0. The number of nitrogens with zero attached hydrogens (tertiary/aromatic N) is 6. The van der Waals surface area contributed by atoms with Gasteiger partial charge in [-0.15, -0.1) is 0 Å². The molecule has 0 N–H and O–H groups in total. The Morgan fingerprint density at radius 2 is 0.333 bits per heavy atom. The van der Waals surface area contributed by atoms with Gasteiger partial charge in [0.2, 0.25) is 0 Å². The summed E-state index contributed by atoms with van der Waals surface area (Å²) in [6, 6.07) is 0. The average Bonchev–Trinajstić information content (AvgIpc) is 2.33. The molecule has 0 radical (unpaired) electrons. The summed E-state index contributed by atoms with van der Waals surface area (Å²) in [5.41, 5.74) is 0. The Kier molecular flexibility index (Phi) is 4750. The standard InChI is InChI=1S/6CHN.Fe.2Ni/c6*1-2;;;/h6*1H;;;/q;;;;;;;2*+2. The molecule has 84 valence electrons. The Morgan fingerprint density at radius 3 is 0.333 bits per heavy atom. The minimum atomic E-state index is 0. The predicted molar refractivity (Wildman–Crippen MR) is 40.0 cm³/mol. The van der Waals surface area contributed by atoms with E-state index in [4.69, 9.17) is 31.6 Å². The summed E-state index contributed by atoms with van der Waals surface area (Å²) in [6.45, 7) is 21.0. The van der Waals surface area contributed by atoms with Gasteiger partial charge in [-0.1, -0.05) is 0 Å². The first-order valence-corrected chi connectivity index (χ1v) is 1.55. The van der Waals surface area contributed by atoms with Gasteiger partial charge in [-0.25, -0.2) is 31.6 Å². The second-order valence-corrected chi connectivity index (χ2v) is 0. The zero-order chi connectivity index (χ0) is 12.0. The molecule has 0 aliphatic carbocycles. The Morgan fingerprint density at radius 1 is 0.333 bits per heavy atom. The van der Waals surface area contributed by atoms with E-state index in [1.807, 2.05) is 0 Å². The van der Waals surface area contributed by atoms with Gasteiger partial charge < -0.3 is 0 Å². The molecule has 0 aromatic carbocycles. The van der Waals surface area contributed by atoms with Crippen LogP contribution in [0.5, 0.6) is 0 Å². The molecule has 0 unspecified atom stereocenters. The van der Waals surface area contributed by atoms with Gasteiger partial charge in [-0.3, -0.25) is 0 Å². The van der Waals surface area contributed by atoms with Gasteiger partial charge >= 0.3 is 33.0 Å². The maximum atomic E-state index is 6.50. The molecule has 0 aromatic rings. The minimum absolute atomic E-state index is 0. The molecular formula is C6H6FeN6Ni2+4. The van der Waals surface area contributed by atoms with Crippen LogP contribution in [0.2, 0.25) is 0 Å². The van der Waals surface area contributed by atoms with Gasteiger partial charge in [0.05, 0.1) is 0 Å². The van der Waals surface area contributed by atoms with Crippen LogP contribution in [0.1, 0.15) is 0 Å². The summed E-state index contributed by atoms with van der Waals surface area (Å²) in [5, 5.41) is 39.0. The first-order valence-electron chi connectivity index (χ1n) is 1.55. The molecule has 0 spiro atoms. The minimum Gasteiger partial charge on any atom is -0.202 e. The zero-order valence-corrected chi connectivity index (χ0v) is 10.2. The monoisotopic (exact) mass is 334 g/mol. The summed E-state index contributed by atoms with van der Waals surface area (Å²) in [7, 11) is 0.